The molecule has 47 heavy (non-hydrogen) atoms. The minimum absolute atomic E-state index is 0.0170. The molecule has 0 unspecified atom stereocenters. The van der Waals surface area contributed by atoms with Crippen LogP contribution in [0.1, 0.15) is 43.9 Å². The first-order valence-corrected chi connectivity index (χ1v) is 15.5. The number of ether oxygens (including phenoxy) is 2. The number of terminal acetylenes is 1. The van der Waals surface area contributed by atoms with Crippen LogP contribution in [-0.2, 0) is 0 Å². The number of rotatable bonds is 6. The third-order valence-corrected chi connectivity index (χ3v) is 9.21. The predicted octanol–water partition coefficient (Wildman–Crippen LogP) is 5.61. The summed E-state index contributed by atoms with van der Waals surface area (Å²) < 4.78 is 44.5. The molecule has 240 valence electrons. The van der Waals surface area contributed by atoms with Gasteiger partial charge in [-0.25, -0.2) is 18.7 Å². The minimum Gasteiger partial charge on any atom is -0.508 e. The molecule has 10 nitrogen and oxygen atoms in total. The number of phenols is 1. The molecule has 1 fully saturated rings. The fraction of sp³-hybridized carbons (Fsp3) is 0.314. The van der Waals surface area contributed by atoms with Gasteiger partial charge in [-0.1, -0.05) is 18.1 Å². The standard InChI is InChI=1S/C35H33F2N7O3/c1-5-22-25(36)11-10-20-16-21(45)17-24(27(20)22)30-29(37)31-28-33(42-35(41-31)47-19(3)26-9-7-13-43(26)4)44(14-15-46-34(28)40-30)18(2)23-8-6-12-39-32(23)38/h1,6,8,10-12,16-19,26,45H,7,9,13-15H2,2-4H3,(H2,38,39)/t18-,19+,26+/m1/s1. The molecule has 0 spiro atoms. The number of nitrogen functional groups attached to an aromatic ring is 1. The molecule has 0 radical (unpaired) electrons. The average molecular weight is 638 g/mol. The number of anilines is 2. The van der Waals surface area contributed by atoms with Crippen molar-refractivity contribution in [2.75, 3.05) is 37.4 Å². The summed E-state index contributed by atoms with van der Waals surface area (Å²) in [4.78, 5) is 22.5. The van der Waals surface area contributed by atoms with E-state index in [4.69, 9.17) is 26.6 Å². The predicted molar refractivity (Wildman–Crippen MR) is 175 cm³/mol. The third kappa shape index (κ3) is 5.16. The van der Waals surface area contributed by atoms with E-state index >= 15 is 4.39 Å². The number of aromatic nitrogens is 4. The van der Waals surface area contributed by atoms with E-state index in [1.165, 1.54) is 24.3 Å². The van der Waals surface area contributed by atoms with Gasteiger partial charge in [0.25, 0.3) is 0 Å². The van der Waals surface area contributed by atoms with Crippen LogP contribution in [0.15, 0.2) is 42.6 Å². The smallest absolute Gasteiger partial charge is 0.319 e. The molecule has 5 heterocycles. The van der Waals surface area contributed by atoms with Gasteiger partial charge in [0.15, 0.2) is 5.82 Å². The van der Waals surface area contributed by atoms with Gasteiger partial charge in [0, 0.05) is 28.8 Å². The number of phenolic OH excluding ortho intramolecular Hbond substituents is 1. The average Bonchev–Trinajstić information content (AvgIpc) is 3.40. The molecule has 1 saturated heterocycles. The number of aromatic hydroxyl groups is 1. The molecule has 0 bridgehead atoms. The number of nitrogens with zero attached hydrogens (tertiary/aromatic N) is 6. The van der Waals surface area contributed by atoms with Crippen LogP contribution in [0.4, 0.5) is 20.4 Å². The van der Waals surface area contributed by atoms with E-state index in [9.17, 15) is 9.50 Å². The van der Waals surface area contributed by atoms with Crippen LogP contribution in [0.3, 0.4) is 0 Å². The second-order valence-electron chi connectivity index (χ2n) is 12.0. The SMILES string of the molecule is C#Cc1c(F)ccc2cc(O)cc(-c3nc4c5c(nc(O[C@@H](C)[C@@H]6CCCN6C)nc5c3F)N([C@H](C)c3cccnc3N)CCO4)c12. The van der Waals surface area contributed by atoms with Gasteiger partial charge in [-0.3, -0.25) is 4.90 Å². The molecule has 7 rings (SSSR count). The Morgan fingerprint density at radius 2 is 1.96 bits per heavy atom. The van der Waals surface area contributed by atoms with Crippen LogP contribution in [0.5, 0.6) is 17.6 Å². The monoisotopic (exact) mass is 637 g/mol. The highest BCUT2D eigenvalue weighted by Crippen LogP contribution is 2.44. The van der Waals surface area contributed by atoms with Crippen LogP contribution < -0.4 is 20.1 Å². The van der Waals surface area contributed by atoms with E-state index in [0.29, 0.717) is 23.6 Å². The maximum absolute atomic E-state index is 17.1. The van der Waals surface area contributed by atoms with Crippen molar-refractivity contribution in [3.63, 3.8) is 0 Å². The van der Waals surface area contributed by atoms with Crippen molar-refractivity contribution in [2.24, 2.45) is 0 Å². The zero-order valence-electron chi connectivity index (χ0n) is 26.2. The van der Waals surface area contributed by atoms with Gasteiger partial charge in [0.2, 0.25) is 5.88 Å². The van der Waals surface area contributed by atoms with E-state index < -0.39 is 11.6 Å². The van der Waals surface area contributed by atoms with Crippen molar-refractivity contribution in [1.29, 1.82) is 0 Å². The molecule has 3 aromatic heterocycles. The number of likely N-dealkylation sites (tertiary alicyclic amines) is 1. The summed E-state index contributed by atoms with van der Waals surface area (Å²) in [6.07, 6.45) is 9.02. The quantitative estimate of drug-likeness (QED) is 0.227. The molecule has 0 saturated carbocycles. The van der Waals surface area contributed by atoms with Crippen LogP contribution in [0, 0.1) is 24.0 Å². The highest BCUT2D eigenvalue weighted by molar-refractivity contribution is 6.04. The molecule has 2 aliphatic rings. The van der Waals surface area contributed by atoms with Gasteiger partial charge in [0.05, 0.1) is 18.2 Å². The highest BCUT2D eigenvalue weighted by atomic mass is 19.1. The second-order valence-corrected chi connectivity index (χ2v) is 12.0. The number of benzene rings is 2. The number of nitrogens with two attached hydrogens (primary N) is 1. The number of halogens is 2. The lowest BCUT2D eigenvalue weighted by atomic mass is 9.95. The third-order valence-electron chi connectivity index (χ3n) is 9.21. The Balaban J connectivity index is 1.48. The van der Waals surface area contributed by atoms with Crippen molar-refractivity contribution in [1.82, 2.24) is 24.8 Å². The van der Waals surface area contributed by atoms with Crippen molar-refractivity contribution in [3.8, 4) is 41.2 Å². The van der Waals surface area contributed by atoms with Gasteiger partial charge in [-0.15, -0.1) is 6.42 Å². The second kappa shape index (κ2) is 11.8. The van der Waals surface area contributed by atoms with E-state index in [2.05, 4.69) is 25.8 Å². The molecule has 2 aromatic carbocycles. The molecule has 0 aliphatic carbocycles. The Morgan fingerprint density at radius 1 is 1.13 bits per heavy atom. The molecule has 3 N–H and O–H groups in total. The Hall–Kier alpha value is -5.28. The fourth-order valence-electron chi connectivity index (χ4n) is 6.85. The van der Waals surface area contributed by atoms with Gasteiger partial charge in [0.1, 0.15) is 52.5 Å². The number of hydrogen-bond donors (Lipinski definition) is 2. The van der Waals surface area contributed by atoms with E-state index in [1.54, 1.807) is 12.3 Å². The van der Waals surface area contributed by atoms with Crippen molar-refractivity contribution >= 4 is 33.3 Å². The molecule has 3 atom stereocenters. The normalized spacial score (nSPS) is 17.7. The van der Waals surface area contributed by atoms with Gasteiger partial charge < -0.3 is 25.2 Å². The molecule has 2 aliphatic heterocycles. The largest absolute Gasteiger partial charge is 0.508 e. The van der Waals surface area contributed by atoms with Gasteiger partial charge in [-0.05, 0) is 69.9 Å². The van der Waals surface area contributed by atoms with Crippen molar-refractivity contribution in [3.05, 3.63) is 65.4 Å². The summed E-state index contributed by atoms with van der Waals surface area (Å²) in [6.45, 7) is 5.36. The molecule has 0 amide bonds. The summed E-state index contributed by atoms with van der Waals surface area (Å²) in [5, 5.41) is 11.5. The minimum atomic E-state index is -0.832. The fourth-order valence-corrected chi connectivity index (χ4v) is 6.85. The van der Waals surface area contributed by atoms with E-state index in [0.717, 1.165) is 24.9 Å². The van der Waals surface area contributed by atoms with Gasteiger partial charge >= 0.3 is 6.01 Å². The van der Waals surface area contributed by atoms with Crippen molar-refractivity contribution in [2.45, 2.75) is 44.9 Å². The molecular formula is C35H33F2N7O3. The van der Waals surface area contributed by atoms with E-state index in [-0.39, 0.29) is 75.5 Å². The Morgan fingerprint density at radius 3 is 2.70 bits per heavy atom. The number of fused-ring (bicyclic) bond motifs is 1. The summed E-state index contributed by atoms with van der Waals surface area (Å²) >= 11 is 0. The number of hydrogen-bond acceptors (Lipinski definition) is 10. The van der Waals surface area contributed by atoms with E-state index in [1.807, 2.05) is 31.9 Å². The Kier molecular flexibility index (Phi) is 7.64. The summed E-state index contributed by atoms with van der Waals surface area (Å²) in [5.41, 5.74) is 6.72. The van der Waals surface area contributed by atoms with Gasteiger partial charge in [-0.2, -0.15) is 9.97 Å². The van der Waals surface area contributed by atoms with Crippen LogP contribution in [-0.4, -0.2) is 68.8 Å². The number of pyridine rings is 2. The lowest BCUT2D eigenvalue weighted by Gasteiger charge is -2.31. The molecule has 12 heteroatoms. The number of likely N-dealkylation sites (N-methyl/N-ethyl adjacent to an activating group) is 1. The lowest BCUT2D eigenvalue weighted by molar-refractivity contribution is 0.112. The summed E-state index contributed by atoms with van der Waals surface area (Å²) in [6, 6.07) is 8.86. The maximum atomic E-state index is 17.1. The highest BCUT2D eigenvalue weighted by Gasteiger charge is 2.33. The summed E-state index contributed by atoms with van der Waals surface area (Å²) in [7, 11) is 2.04. The Labute approximate surface area is 270 Å². The Bertz CT molecular complexity index is 2090. The molecule has 5 aromatic rings. The summed E-state index contributed by atoms with van der Waals surface area (Å²) in [5.74, 6) is 1.50. The van der Waals surface area contributed by atoms with Crippen LogP contribution >= 0.6 is 0 Å². The lowest BCUT2D eigenvalue weighted by Crippen LogP contribution is -2.38. The zero-order valence-corrected chi connectivity index (χ0v) is 26.2. The maximum Gasteiger partial charge on any atom is 0.319 e. The first-order chi connectivity index (χ1) is 22.7. The zero-order chi connectivity index (χ0) is 33.0. The topological polar surface area (TPSA) is 123 Å². The molecular weight excluding hydrogens is 604 g/mol. The first kappa shape index (κ1) is 30.4. The van der Waals surface area contributed by atoms with Crippen molar-refractivity contribution < 1.29 is 23.4 Å². The van der Waals surface area contributed by atoms with Crippen LogP contribution in [0.25, 0.3) is 32.9 Å². The van der Waals surface area contributed by atoms with Crippen LogP contribution in [0.2, 0.25) is 0 Å². The first-order valence-electron chi connectivity index (χ1n) is 15.5.